The molecule has 28 heavy (non-hydrogen) atoms. The second-order valence-electron chi connectivity index (χ2n) is 6.61. The number of hydrogen-bond acceptors (Lipinski definition) is 4. The van der Waals surface area contributed by atoms with Gasteiger partial charge in [0.15, 0.2) is 21.5 Å². The highest BCUT2D eigenvalue weighted by molar-refractivity contribution is 7.90. The van der Waals surface area contributed by atoms with Gasteiger partial charge in [0, 0.05) is 23.8 Å². The van der Waals surface area contributed by atoms with Crippen LogP contribution in [0.4, 0.5) is 0 Å². The molecule has 0 bridgehead atoms. The van der Waals surface area contributed by atoms with Crippen LogP contribution >= 0.6 is 0 Å². The molecule has 0 radical (unpaired) electrons. The molecule has 0 aliphatic carbocycles. The first-order valence-corrected chi connectivity index (χ1v) is 10.8. The number of nitrogens with zero attached hydrogens (tertiary/aromatic N) is 1. The van der Waals surface area contributed by atoms with Crippen molar-refractivity contribution in [3.8, 4) is 22.6 Å². The summed E-state index contributed by atoms with van der Waals surface area (Å²) in [5.41, 5.74) is 3.56. The molecule has 4 nitrogen and oxygen atoms in total. The van der Waals surface area contributed by atoms with Gasteiger partial charge in [0.25, 0.3) is 0 Å². The summed E-state index contributed by atoms with van der Waals surface area (Å²) in [4.78, 5) is 5.01. The van der Waals surface area contributed by atoms with Crippen molar-refractivity contribution in [2.75, 3.05) is 6.26 Å². The Morgan fingerprint density at radius 1 is 0.786 bits per heavy atom. The smallest absolute Gasteiger partial charge is 0.199 e. The zero-order chi connectivity index (χ0) is 19.6. The lowest BCUT2D eigenvalue weighted by atomic mass is 10.1. The Morgan fingerprint density at radius 2 is 1.39 bits per heavy atom. The van der Waals surface area contributed by atoms with Crippen LogP contribution in [0.5, 0.6) is 0 Å². The molecule has 5 heteroatoms. The number of oxazole rings is 1. The fraction of sp³-hybridized carbons (Fsp3) is 0.0870. The van der Waals surface area contributed by atoms with Crippen molar-refractivity contribution in [3.05, 3.63) is 96.4 Å². The molecule has 4 aromatic rings. The predicted molar refractivity (Wildman–Crippen MR) is 110 cm³/mol. The number of sulfone groups is 1. The normalized spacial score (nSPS) is 11.5. The van der Waals surface area contributed by atoms with Crippen LogP contribution in [-0.4, -0.2) is 19.7 Å². The standard InChI is InChI=1S/C23H19NO3S/c1-28(25,26)20-14-12-18(13-15-20)22-23(19-10-6-3-7-11-19)27-21(24-22)16-17-8-4-2-5-9-17/h2-15H,16H2,1H3. The Hall–Kier alpha value is -3.18. The minimum atomic E-state index is -3.24. The first-order valence-electron chi connectivity index (χ1n) is 8.90. The zero-order valence-corrected chi connectivity index (χ0v) is 16.2. The lowest BCUT2D eigenvalue weighted by Gasteiger charge is -2.03. The van der Waals surface area contributed by atoms with Gasteiger partial charge in [-0.1, -0.05) is 72.8 Å². The molecule has 0 spiro atoms. The van der Waals surface area contributed by atoms with Crippen LogP contribution < -0.4 is 0 Å². The Morgan fingerprint density at radius 3 is 2.00 bits per heavy atom. The number of rotatable bonds is 5. The summed E-state index contributed by atoms with van der Waals surface area (Å²) in [7, 11) is -3.24. The van der Waals surface area contributed by atoms with Crippen molar-refractivity contribution < 1.29 is 12.8 Å². The van der Waals surface area contributed by atoms with Crippen molar-refractivity contribution >= 4 is 9.84 Å². The first kappa shape index (κ1) is 18.2. The summed E-state index contributed by atoms with van der Waals surface area (Å²) in [6.07, 6.45) is 1.79. The molecule has 140 valence electrons. The monoisotopic (exact) mass is 389 g/mol. The Balaban J connectivity index is 1.78. The van der Waals surface area contributed by atoms with Gasteiger partial charge < -0.3 is 4.42 Å². The topological polar surface area (TPSA) is 60.2 Å². The van der Waals surface area contributed by atoms with Crippen LogP contribution in [-0.2, 0) is 16.3 Å². The van der Waals surface area contributed by atoms with Crippen LogP contribution in [0.25, 0.3) is 22.6 Å². The van der Waals surface area contributed by atoms with Gasteiger partial charge in [-0.3, -0.25) is 0 Å². The summed E-state index contributed by atoms with van der Waals surface area (Å²) >= 11 is 0. The summed E-state index contributed by atoms with van der Waals surface area (Å²) < 4.78 is 29.6. The molecule has 4 rings (SSSR count). The van der Waals surface area contributed by atoms with Crippen LogP contribution in [0.1, 0.15) is 11.5 Å². The summed E-state index contributed by atoms with van der Waals surface area (Å²) in [6, 6.07) is 26.6. The van der Waals surface area contributed by atoms with E-state index >= 15 is 0 Å². The van der Waals surface area contributed by atoms with Gasteiger partial charge in [-0.15, -0.1) is 0 Å². The van der Waals surface area contributed by atoms with E-state index in [1.54, 1.807) is 24.3 Å². The molecule has 0 amide bonds. The SMILES string of the molecule is CS(=O)(=O)c1ccc(-c2nc(Cc3ccccc3)oc2-c2ccccc2)cc1. The second kappa shape index (κ2) is 7.44. The van der Waals surface area contributed by atoms with E-state index in [9.17, 15) is 8.42 Å². The molecule has 3 aromatic carbocycles. The molecule has 0 aliphatic heterocycles. The van der Waals surface area contributed by atoms with Crippen molar-refractivity contribution in [2.45, 2.75) is 11.3 Å². The summed E-state index contributed by atoms with van der Waals surface area (Å²) in [5, 5.41) is 0. The molecule has 0 atom stereocenters. The van der Waals surface area contributed by atoms with Gasteiger partial charge in [0.1, 0.15) is 5.69 Å². The molecule has 0 saturated carbocycles. The summed E-state index contributed by atoms with van der Waals surface area (Å²) in [5.74, 6) is 1.30. The fourth-order valence-electron chi connectivity index (χ4n) is 3.05. The Labute approximate surface area is 164 Å². The predicted octanol–water partition coefficient (Wildman–Crippen LogP) is 5.00. The molecule has 1 aromatic heterocycles. The van der Waals surface area contributed by atoms with Gasteiger partial charge in [0.05, 0.1) is 4.90 Å². The minimum absolute atomic E-state index is 0.283. The highest BCUT2D eigenvalue weighted by atomic mass is 32.2. The van der Waals surface area contributed by atoms with Crippen LogP contribution in [0.3, 0.4) is 0 Å². The molecule has 0 saturated heterocycles. The summed E-state index contributed by atoms with van der Waals surface area (Å²) in [6.45, 7) is 0. The van der Waals surface area contributed by atoms with E-state index in [4.69, 9.17) is 9.40 Å². The lowest BCUT2D eigenvalue weighted by molar-refractivity contribution is 0.519. The van der Waals surface area contributed by atoms with Crippen LogP contribution in [0.15, 0.2) is 94.2 Å². The van der Waals surface area contributed by atoms with E-state index in [-0.39, 0.29) is 4.90 Å². The van der Waals surface area contributed by atoms with Gasteiger partial charge in [-0.05, 0) is 17.7 Å². The maximum absolute atomic E-state index is 11.7. The third kappa shape index (κ3) is 3.89. The highest BCUT2D eigenvalue weighted by Gasteiger charge is 2.18. The van der Waals surface area contributed by atoms with E-state index in [0.29, 0.717) is 23.8 Å². The van der Waals surface area contributed by atoms with Crippen molar-refractivity contribution in [1.82, 2.24) is 4.98 Å². The Bertz CT molecular complexity index is 1180. The van der Waals surface area contributed by atoms with E-state index in [0.717, 1.165) is 16.7 Å². The highest BCUT2D eigenvalue weighted by Crippen LogP contribution is 2.33. The third-order valence-corrected chi connectivity index (χ3v) is 5.59. The zero-order valence-electron chi connectivity index (χ0n) is 15.4. The number of hydrogen-bond donors (Lipinski definition) is 0. The second-order valence-corrected chi connectivity index (χ2v) is 8.63. The molecular formula is C23H19NO3S. The maximum atomic E-state index is 11.7. The average molecular weight is 389 g/mol. The van der Waals surface area contributed by atoms with E-state index in [1.807, 2.05) is 60.7 Å². The van der Waals surface area contributed by atoms with E-state index in [1.165, 1.54) is 6.26 Å². The van der Waals surface area contributed by atoms with Crippen molar-refractivity contribution in [1.29, 1.82) is 0 Å². The van der Waals surface area contributed by atoms with Crippen molar-refractivity contribution in [2.24, 2.45) is 0 Å². The quantitative estimate of drug-likeness (QED) is 0.482. The minimum Gasteiger partial charge on any atom is -0.440 e. The van der Waals surface area contributed by atoms with E-state index in [2.05, 4.69) is 0 Å². The van der Waals surface area contributed by atoms with Gasteiger partial charge in [-0.2, -0.15) is 0 Å². The van der Waals surface area contributed by atoms with Gasteiger partial charge in [0.2, 0.25) is 0 Å². The molecule has 0 N–H and O–H groups in total. The Kier molecular flexibility index (Phi) is 4.84. The van der Waals surface area contributed by atoms with Gasteiger partial charge in [-0.25, -0.2) is 13.4 Å². The first-order chi connectivity index (χ1) is 13.5. The van der Waals surface area contributed by atoms with Crippen molar-refractivity contribution in [3.63, 3.8) is 0 Å². The number of aromatic nitrogens is 1. The molecule has 0 aliphatic rings. The van der Waals surface area contributed by atoms with Crippen LogP contribution in [0.2, 0.25) is 0 Å². The van der Waals surface area contributed by atoms with E-state index < -0.39 is 9.84 Å². The number of benzene rings is 3. The largest absolute Gasteiger partial charge is 0.440 e. The lowest BCUT2D eigenvalue weighted by Crippen LogP contribution is -1.96. The third-order valence-electron chi connectivity index (χ3n) is 4.46. The van der Waals surface area contributed by atoms with Gasteiger partial charge >= 0.3 is 0 Å². The average Bonchev–Trinajstić information content (AvgIpc) is 3.13. The maximum Gasteiger partial charge on any atom is 0.199 e. The molecule has 0 fully saturated rings. The fourth-order valence-corrected chi connectivity index (χ4v) is 3.68. The molecule has 0 unspecified atom stereocenters. The van der Waals surface area contributed by atoms with Crippen LogP contribution in [0, 0.1) is 0 Å². The molecule has 1 heterocycles. The molecular weight excluding hydrogens is 370 g/mol.